The summed E-state index contributed by atoms with van der Waals surface area (Å²) in [6.45, 7) is 2.76. The number of nitrogens with zero attached hydrogens (tertiary/aromatic N) is 1. The van der Waals surface area contributed by atoms with Crippen LogP contribution in [-0.2, 0) is 14.8 Å². The number of aryl methyl sites for hydroxylation is 1. The monoisotopic (exact) mass is 350 g/mol. The summed E-state index contributed by atoms with van der Waals surface area (Å²) < 4.78 is 38.9. The lowest BCUT2D eigenvalue weighted by Crippen LogP contribution is -2.48. The van der Waals surface area contributed by atoms with Gasteiger partial charge in [0.15, 0.2) is 0 Å². The van der Waals surface area contributed by atoms with Gasteiger partial charge in [-0.15, -0.1) is 4.41 Å². The number of hydrazine groups is 1. The molecule has 0 saturated heterocycles. The Hall–Kier alpha value is -2.74. The minimum absolute atomic E-state index is 0.169. The van der Waals surface area contributed by atoms with E-state index in [0.717, 1.165) is 18.6 Å². The molecule has 8 heteroatoms. The molecular formula is C16H15FN2O4S. The third-order valence-corrected chi connectivity index (χ3v) is 4.86. The first-order valence-corrected chi connectivity index (χ1v) is 8.35. The molecule has 24 heavy (non-hydrogen) atoms. The predicted octanol–water partition coefficient (Wildman–Crippen LogP) is 2.02. The minimum Gasteiger partial charge on any atom is -0.272 e. The van der Waals surface area contributed by atoms with E-state index in [1.165, 1.54) is 30.3 Å². The van der Waals surface area contributed by atoms with Crippen LogP contribution in [0.1, 0.15) is 22.8 Å². The van der Waals surface area contributed by atoms with Crippen LogP contribution in [-0.4, -0.2) is 24.6 Å². The van der Waals surface area contributed by atoms with Crippen LogP contribution in [0.2, 0.25) is 0 Å². The highest BCUT2D eigenvalue weighted by Gasteiger charge is 2.29. The third-order valence-electron chi connectivity index (χ3n) is 3.17. The van der Waals surface area contributed by atoms with Crippen molar-refractivity contribution in [3.63, 3.8) is 0 Å². The normalized spacial score (nSPS) is 11.0. The number of halogens is 1. The first-order valence-electron chi connectivity index (χ1n) is 6.91. The molecule has 0 fully saturated rings. The molecule has 2 rings (SSSR count). The summed E-state index contributed by atoms with van der Waals surface area (Å²) in [6.07, 6.45) is 0. The van der Waals surface area contributed by atoms with Gasteiger partial charge in [-0.05, 0) is 31.2 Å². The molecule has 6 nitrogen and oxygen atoms in total. The van der Waals surface area contributed by atoms with Crippen LogP contribution in [0.5, 0.6) is 0 Å². The minimum atomic E-state index is -4.30. The van der Waals surface area contributed by atoms with E-state index < -0.39 is 27.7 Å². The van der Waals surface area contributed by atoms with Crippen molar-refractivity contribution in [1.82, 2.24) is 9.84 Å². The maximum Gasteiger partial charge on any atom is 0.284 e. The topological polar surface area (TPSA) is 83.6 Å². The van der Waals surface area contributed by atoms with Crippen LogP contribution in [0.4, 0.5) is 4.39 Å². The Balaban J connectivity index is 2.36. The van der Waals surface area contributed by atoms with Crippen LogP contribution in [0.25, 0.3) is 0 Å². The number of rotatable bonds is 3. The lowest BCUT2D eigenvalue weighted by Gasteiger charge is -2.21. The summed E-state index contributed by atoms with van der Waals surface area (Å²) in [5, 5.41) is 0. The van der Waals surface area contributed by atoms with E-state index in [2.05, 4.69) is 0 Å². The molecule has 1 N–H and O–H groups in total. The van der Waals surface area contributed by atoms with Gasteiger partial charge in [0.1, 0.15) is 5.82 Å². The first-order chi connectivity index (χ1) is 11.2. The molecule has 0 saturated carbocycles. The summed E-state index contributed by atoms with van der Waals surface area (Å²) in [5.41, 5.74) is 2.40. The number of carbonyl (C=O) groups is 2. The third kappa shape index (κ3) is 3.60. The van der Waals surface area contributed by atoms with E-state index in [0.29, 0.717) is 0 Å². The maximum absolute atomic E-state index is 13.6. The van der Waals surface area contributed by atoms with Gasteiger partial charge in [0.05, 0.1) is 10.5 Å². The zero-order valence-electron chi connectivity index (χ0n) is 13.0. The lowest BCUT2D eigenvalue weighted by molar-refractivity contribution is -0.125. The predicted molar refractivity (Wildman–Crippen MR) is 84.8 cm³/mol. The van der Waals surface area contributed by atoms with Crippen molar-refractivity contribution in [2.45, 2.75) is 18.7 Å². The van der Waals surface area contributed by atoms with Crippen LogP contribution in [0.15, 0.2) is 53.4 Å². The second-order valence-electron chi connectivity index (χ2n) is 5.02. The van der Waals surface area contributed by atoms with Crippen molar-refractivity contribution in [3.8, 4) is 0 Å². The van der Waals surface area contributed by atoms with Crippen molar-refractivity contribution in [3.05, 3.63) is 65.5 Å². The van der Waals surface area contributed by atoms with Crippen molar-refractivity contribution >= 4 is 21.8 Å². The van der Waals surface area contributed by atoms with Gasteiger partial charge in [-0.3, -0.25) is 9.59 Å². The Morgan fingerprint density at radius 1 is 1.04 bits per heavy atom. The molecule has 2 aromatic rings. The van der Waals surface area contributed by atoms with Gasteiger partial charge in [-0.2, -0.15) is 8.42 Å². The summed E-state index contributed by atoms with van der Waals surface area (Å²) >= 11 is 0. The molecule has 2 aromatic carbocycles. The maximum atomic E-state index is 13.6. The van der Waals surface area contributed by atoms with E-state index in [1.807, 2.05) is 5.43 Å². The van der Waals surface area contributed by atoms with Crippen LogP contribution < -0.4 is 5.43 Å². The van der Waals surface area contributed by atoms with Gasteiger partial charge in [0.25, 0.3) is 21.8 Å². The molecule has 0 radical (unpaired) electrons. The van der Waals surface area contributed by atoms with Crippen molar-refractivity contribution in [2.24, 2.45) is 0 Å². The molecule has 0 aliphatic carbocycles. The standard InChI is InChI=1S/C16H15FN2O4S/c1-11-7-9-13(10-8-11)24(22,23)19(12(2)20)18-16(21)14-5-3-4-6-15(14)17/h3-10H,1-2H3,(H,18,21). The van der Waals surface area contributed by atoms with Crippen molar-refractivity contribution < 1.29 is 22.4 Å². The average Bonchev–Trinajstić information content (AvgIpc) is 2.52. The zero-order valence-corrected chi connectivity index (χ0v) is 13.8. The molecule has 0 aliphatic rings. The Morgan fingerprint density at radius 2 is 1.62 bits per heavy atom. The molecule has 126 valence electrons. The lowest BCUT2D eigenvalue weighted by atomic mass is 10.2. The van der Waals surface area contributed by atoms with E-state index in [-0.39, 0.29) is 14.9 Å². The summed E-state index contributed by atoms with van der Waals surface area (Å²) in [4.78, 5) is 23.7. The van der Waals surface area contributed by atoms with Crippen LogP contribution in [0.3, 0.4) is 0 Å². The molecule has 0 bridgehead atoms. The summed E-state index contributed by atoms with van der Waals surface area (Å²) in [5.74, 6) is -2.80. The smallest absolute Gasteiger partial charge is 0.272 e. The number of benzene rings is 2. The highest BCUT2D eigenvalue weighted by molar-refractivity contribution is 7.89. The van der Waals surface area contributed by atoms with Gasteiger partial charge in [-0.25, -0.2) is 9.82 Å². The van der Waals surface area contributed by atoms with Crippen LogP contribution in [0, 0.1) is 12.7 Å². The zero-order chi connectivity index (χ0) is 17.9. The molecule has 0 atom stereocenters. The Morgan fingerprint density at radius 3 is 2.17 bits per heavy atom. The Bertz CT molecular complexity index is 879. The van der Waals surface area contributed by atoms with Gasteiger partial charge < -0.3 is 0 Å². The average molecular weight is 350 g/mol. The van der Waals surface area contributed by atoms with Gasteiger partial charge in [0.2, 0.25) is 0 Å². The number of amides is 2. The van der Waals surface area contributed by atoms with E-state index >= 15 is 0 Å². The number of sulfonamides is 1. The van der Waals surface area contributed by atoms with E-state index in [4.69, 9.17) is 0 Å². The van der Waals surface area contributed by atoms with Gasteiger partial charge in [-0.1, -0.05) is 29.8 Å². The summed E-state index contributed by atoms with van der Waals surface area (Å²) in [7, 11) is -4.30. The first kappa shape index (κ1) is 17.6. The van der Waals surface area contributed by atoms with Crippen molar-refractivity contribution in [1.29, 1.82) is 0 Å². The highest BCUT2D eigenvalue weighted by Crippen LogP contribution is 2.16. The second-order valence-corrected chi connectivity index (χ2v) is 6.81. The molecule has 0 aromatic heterocycles. The number of nitrogens with one attached hydrogen (secondary N) is 1. The van der Waals surface area contributed by atoms with Gasteiger partial charge >= 0.3 is 0 Å². The summed E-state index contributed by atoms with van der Waals surface area (Å²) in [6, 6.07) is 10.8. The number of carbonyl (C=O) groups excluding carboxylic acids is 2. The fraction of sp³-hybridized carbons (Fsp3) is 0.125. The van der Waals surface area contributed by atoms with Crippen molar-refractivity contribution in [2.75, 3.05) is 0 Å². The Kier molecular flexibility index (Phi) is 4.99. The molecule has 0 heterocycles. The number of hydrogen-bond donors (Lipinski definition) is 1. The molecule has 2 amide bonds. The molecule has 0 aliphatic heterocycles. The molecule has 0 unspecified atom stereocenters. The number of hydrogen-bond acceptors (Lipinski definition) is 4. The Labute approximate surface area is 138 Å². The largest absolute Gasteiger partial charge is 0.284 e. The highest BCUT2D eigenvalue weighted by atomic mass is 32.2. The van der Waals surface area contributed by atoms with E-state index in [1.54, 1.807) is 19.1 Å². The van der Waals surface area contributed by atoms with Gasteiger partial charge in [0, 0.05) is 6.92 Å². The molecule has 0 spiro atoms. The van der Waals surface area contributed by atoms with Crippen LogP contribution >= 0.6 is 0 Å². The fourth-order valence-electron chi connectivity index (χ4n) is 1.92. The SMILES string of the molecule is CC(=O)N(NC(=O)c1ccccc1F)S(=O)(=O)c1ccc(C)cc1. The quantitative estimate of drug-likeness (QED) is 0.859. The molecular weight excluding hydrogens is 335 g/mol. The second kappa shape index (κ2) is 6.79. The van der Waals surface area contributed by atoms with E-state index in [9.17, 15) is 22.4 Å². The fourth-order valence-corrected chi connectivity index (χ4v) is 3.15.